The van der Waals surface area contributed by atoms with Crippen molar-refractivity contribution >= 4 is 40.4 Å². The van der Waals surface area contributed by atoms with Gasteiger partial charge in [0.25, 0.3) is 5.91 Å². The first-order valence-electron chi connectivity index (χ1n) is 12.1. The molecule has 3 atom stereocenters. The Hall–Kier alpha value is -4.39. The predicted octanol–water partition coefficient (Wildman–Crippen LogP) is 1.18. The van der Waals surface area contributed by atoms with E-state index in [1.54, 1.807) is 43.3 Å². The average Bonchev–Trinajstić information content (AvgIpc) is 3.30. The number of aromatic nitrogens is 2. The molecule has 38 heavy (non-hydrogen) atoms. The van der Waals surface area contributed by atoms with E-state index in [0.717, 1.165) is 5.56 Å². The molecule has 3 unspecified atom stereocenters. The number of halogens is 1. The SMILES string of the molecule is CC1CN2c3c(cc4c(C(=O)NCc5ccncc5)noc4c3F)CC3(C(=O)NC(=O)NC3=O)C2C(C)O1. The lowest BCUT2D eigenvalue weighted by Gasteiger charge is -2.55. The molecule has 3 N–H and O–H groups in total. The minimum absolute atomic E-state index is 0.101. The Morgan fingerprint density at radius 1 is 1.21 bits per heavy atom. The summed E-state index contributed by atoms with van der Waals surface area (Å²) in [5.41, 5.74) is -0.875. The van der Waals surface area contributed by atoms with Crippen LogP contribution in [0.25, 0.3) is 11.0 Å². The van der Waals surface area contributed by atoms with Gasteiger partial charge in [0.2, 0.25) is 17.4 Å². The smallest absolute Gasteiger partial charge is 0.328 e. The third-order valence-corrected chi connectivity index (χ3v) is 7.38. The molecular weight excluding hydrogens is 499 g/mol. The monoisotopic (exact) mass is 522 g/mol. The minimum Gasteiger partial charge on any atom is -0.372 e. The van der Waals surface area contributed by atoms with Crippen LogP contribution in [0.5, 0.6) is 0 Å². The number of ether oxygens (including phenoxy) is 1. The number of rotatable bonds is 3. The van der Waals surface area contributed by atoms with Gasteiger partial charge in [-0.1, -0.05) is 5.16 Å². The number of anilines is 1. The Kier molecular flexibility index (Phi) is 5.42. The molecule has 3 aliphatic heterocycles. The number of pyridine rings is 1. The van der Waals surface area contributed by atoms with Gasteiger partial charge in [0.05, 0.1) is 29.3 Å². The zero-order valence-electron chi connectivity index (χ0n) is 20.4. The van der Waals surface area contributed by atoms with Gasteiger partial charge in [0.15, 0.2) is 16.9 Å². The van der Waals surface area contributed by atoms with Crippen LogP contribution >= 0.6 is 0 Å². The molecule has 3 aromatic rings. The third kappa shape index (κ3) is 3.45. The molecule has 2 fully saturated rings. The van der Waals surface area contributed by atoms with Crippen LogP contribution in [0.15, 0.2) is 35.1 Å². The zero-order chi connectivity index (χ0) is 26.8. The fourth-order valence-electron chi connectivity index (χ4n) is 5.88. The number of fused-ring (bicyclic) bond motifs is 5. The van der Waals surface area contributed by atoms with Crippen molar-refractivity contribution in [3.63, 3.8) is 0 Å². The van der Waals surface area contributed by atoms with E-state index in [1.165, 1.54) is 6.07 Å². The van der Waals surface area contributed by atoms with Crippen LogP contribution in [-0.4, -0.2) is 58.7 Å². The number of morpholine rings is 1. The van der Waals surface area contributed by atoms with E-state index >= 15 is 4.39 Å². The Balaban J connectivity index is 1.46. The summed E-state index contributed by atoms with van der Waals surface area (Å²) in [6.45, 7) is 3.86. The Labute approximate surface area is 214 Å². The van der Waals surface area contributed by atoms with Crippen LogP contribution in [0.4, 0.5) is 14.9 Å². The van der Waals surface area contributed by atoms with Crippen molar-refractivity contribution in [2.45, 2.75) is 45.1 Å². The zero-order valence-corrected chi connectivity index (χ0v) is 20.4. The van der Waals surface area contributed by atoms with Crippen LogP contribution < -0.4 is 20.9 Å². The van der Waals surface area contributed by atoms with Crippen LogP contribution in [0.1, 0.15) is 35.5 Å². The molecule has 5 amide bonds. The maximum Gasteiger partial charge on any atom is 0.328 e. The lowest BCUT2D eigenvalue weighted by atomic mass is 9.66. The number of urea groups is 1. The topological polar surface area (TPSA) is 156 Å². The number of hydrogen-bond acceptors (Lipinski definition) is 9. The van der Waals surface area contributed by atoms with Crippen LogP contribution in [0, 0.1) is 11.2 Å². The molecule has 1 spiro atoms. The third-order valence-electron chi connectivity index (χ3n) is 7.38. The molecule has 6 rings (SSSR count). The number of hydrogen-bond donors (Lipinski definition) is 3. The highest BCUT2D eigenvalue weighted by Crippen LogP contribution is 2.49. The van der Waals surface area contributed by atoms with E-state index in [0.29, 0.717) is 5.56 Å². The lowest BCUT2D eigenvalue weighted by Crippen LogP contribution is -2.75. The summed E-state index contributed by atoms with van der Waals surface area (Å²) in [5, 5.41) is 11.0. The highest BCUT2D eigenvalue weighted by atomic mass is 19.1. The molecule has 1 aromatic carbocycles. The molecule has 12 nitrogen and oxygen atoms in total. The van der Waals surface area contributed by atoms with Gasteiger partial charge in [-0.25, -0.2) is 9.18 Å². The maximum atomic E-state index is 16.1. The van der Waals surface area contributed by atoms with E-state index in [9.17, 15) is 19.2 Å². The first-order chi connectivity index (χ1) is 18.2. The fraction of sp³-hybridized carbons (Fsp3) is 0.360. The standard InChI is InChI=1S/C25H23FN6O6/c1-11-10-32-18-14(8-25(20(32)12(2)37-11)22(34)29-24(36)30-23(25)35)7-15-17(31-38-19(15)16(18)26)21(33)28-9-13-3-5-27-6-4-13/h3-7,11-12,20H,8-10H2,1-2H3,(H,28,33)(H2,29,30,34,35,36). The minimum atomic E-state index is -1.78. The molecule has 2 aromatic heterocycles. The van der Waals surface area contributed by atoms with Gasteiger partial charge in [-0.05, 0) is 43.2 Å². The van der Waals surface area contributed by atoms with Gasteiger partial charge in [-0.2, -0.15) is 0 Å². The molecule has 5 heterocycles. The largest absolute Gasteiger partial charge is 0.372 e. The summed E-state index contributed by atoms with van der Waals surface area (Å²) in [6, 6.07) is 3.17. The number of barbiturate groups is 1. The van der Waals surface area contributed by atoms with E-state index in [-0.39, 0.29) is 48.0 Å². The van der Waals surface area contributed by atoms with Gasteiger partial charge in [0.1, 0.15) is 0 Å². The summed E-state index contributed by atoms with van der Waals surface area (Å²) in [4.78, 5) is 57.0. The Morgan fingerprint density at radius 2 is 1.92 bits per heavy atom. The predicted molar refractivity (Wildman–Crippen MR) is 128 cm³/mol. The molecule has 0 saturated carbocycles. The van der Waals surface area contributed by atoms with Crippen molar-refractivity contribution in [2.24, 2.45) is 5.41 Å². The van der Waals surface area contributed by atoms with E-state index in [1.807, 2.05) is 0 Å². The maximum absolute atomic E-state index is 16.1. The van der Waals surface area contributed by atoms with Crippen molar-refractivity contribution in [1.29, 1.82) is 0 Å². The van der Waals surface area contributed by atoms with E-state index < -0.39 is 47.1 Å². The number of nitrogens with zero attached hydrogens (tertiary/aromatic N) is 3. The van der Waals surface area contributed by atoms with Crippen molar-refractivity contribution < 1.29 is 32.8 Å². The summed E-state index contributed by atoms with van der Waals surface area (Å²) in [5.74, 6) is -2.93. The van der Waals surface area contributed by atoms with Crippen molar-refractivity contribution in [3.8, 4) is 0 Å². The van der Waals surface area contributed by atoms with Gasteiger partial charge in [0, 0.05) is 31.9 Å². The number of carbonyl (C=O) groups is 4. The van der Waals surface area contributed by atoms with Crippen molar-refractivity contribution in [3.05, 3.63) is 53.2 Å². The first-order valence-corrected chi connectivity index (χ1v) is 12.1. The molecule has 3 aliphatic rings. The summed E-state index contributed by atoms with van der Waals surface area (Å²) >= 11 is 0. The van der Waals surface area contributed by atoms with Gasteiger partial charge in [-0.3, -0.25) is 30.0 Å². The number of carbonyl (C=O) groups excluding carboxylic acids is 4. The molecular formula is C25H23FN6O6. The van der Waals surface area contributed by atoms with E-state index in [2.05, 4.69) is 26.1 Å². The molecule has 2 saturated heterocycles. The lowest BCUT2D eigenvalue weighted by molar-refractivity contribution is -0.153. The van der Waals surface area contributed by atoms with Gasteiger partial charge >= 0.3 is 6.03 Å². The van der Waals surface area contributed by atoms with Crippen molar-refractivity contribution in [2.75, 3.05) is 11.4 Å². The molecule has 0 radical (unpaired) electrons. The van der Waals surface area contributed by atoms with Crippen molar-refractivity contribution in [1.82, 2.24) is 26.1 Å². The second-order valence-corrected chi connectivity index (χ2v) is 9.78. The molecule has 0 aliphatic carbocycles. The number of benzene rings is 1. The van der Waals surface area contributed by atoms with E-state index in [4.69, 9.17) is 9.26 Å². The van der Waals surface area contributed by atoms with Gasteiger partial charge < -0.3 is 19.5 Å². The summed E-state index contributed by atoms with van der Waals surface area (Å²) in [7, 11) is 0. The quantitative estimate of drug-likeness (QED) is 0.430. The summed E-state index contributed by atoms with van der Waals surface area (Å²) < 4.78 is 27.3. The van der Waals surface area contributed by atoms with Gasteiger partial charge in [-0.15, -0.1) is 0 Å². The molecule has 196 valence electrons. The highest BCUT2D eigenvalue weighted by Gasteiger charge is 2.63. The Bertz CT molecular complexity index is 1490. The van der Waals surface area contributed by atoms with Crippen LogP contribution in [-0.2, 0) is 27.3 Å². The number of imide groups is 2. The number of nitrogens with one attached hydrogen (secondary N) is 3. The summed E-state index contributed by atoms with van der Waals surface area (Å²) in [6.07, 6.45) is 1.95. The number of amides is 5. The van der Waals surface area contributed by atoms with Crippen LogP contribution in [0.2, 0.25) is 0 Å². The highest BCUT2D eigenvalue weighted by molar-refractivity contribution is 6.20. The second kappa shape index (κ2) is 8.58. The van der Waals surface area contributed by atoms with Crippen LogP contribution in [0.3, 0.4) is 0 Å². The molecule has 0 bridgehead atoms. The Morgan fingerprint density at radius 3 is 2.63 bits per heavy atom. The first kappa shape index (κ1) is 24.0. The molecule has 13 heteroatoms. The second-order valence-electron chi connectivity index (χ2n) is 9.78. The fourth-order valence-corrected chi connectivity index (χ4v) is 5.88. The average molecular weight is 522 g/mol. The normalized spacial score (nSPS) is 24.0.